The summed E-state index contributed by atoms with van der Waals surface area (Å²) in [6.07, 6.45) is -4.54. The molecular weight excluding hydrogens is 301 g/mol. The zero-order valence-corrected chi connectivity index (χ0v) is 10.9. The number of benzene rings is 1. The molecular formula is C11H10ClF3N2O3. The van der Waals surface area contributed by atoms with Crippen molar-refractivity contribution in [1.82, 2.24) is 4.90 Å². The lowest BCUT2D eigenvalue weighted by molar-refractivity contribution is -0.138. The monoisotopic (exact) mass is 310 g/mol. The van der Waals surface area contributed by atoms with Crippen molar-refractivity contribution >= 4 is 29.3 Å². The van der Waals surface area contributed by atoms with E-state index in [1.165, 1.54) is 7.05 Å². The van der Waals surface area contributed by atoms with Crippen LogP contribution in [0.5, 0.6) is 0 Å². The maximum absolute atomic E-state index is 12.4. The number of aliphatic carboxylic acids is 1. The summed E-state index contributed by atoms with van der Waals surface area (Å²) in [5.41, 5.74) is -0.985. The van der Waals surface area contributed by atoms with Crippen LogP contribution < -0.4 is 5.32 Å². The minimum absolute atomic E-state index is 0.0399. The van der Waals surface area contributed by atoms with Crippen LogP contribution in [0.15, 0.2) is 18.2 Å². The Kier molecular flexibility index (Phi) is 4.83. The van der Waals surface area contributed by atoms with Crippen LogP contribution in [0.1, 0.15) is 5.56 Å². The standard InChI is InChI=1S/C11H10ClF3N2O3/c1-17(5-9(18)19)10(20)16-8-3-2-6(4-7(8)12)11(13,14)15/h2-4H,5H2,1H3,(H,16,20)(H,18,19). The molecule has 0 radical (unpaired) electrons. The number of urea groups is 1. The van der Waals surface area contributed by atoms with Crippen molar-refractivity contribution in [3.63, 3.8) is 0 Å². The van der Waals surface area contributed by atoms with Crippen LogP contribution in [0.4, 0.5) is 23.7 Å². The predicted molar refractivity (Wildman–Crippen MR) is 65.7 cm³/mol. The molecule has 0 fully saturated rings. The molecule has 0 unspecified atom stereocenters. The largest absolute Gasteiger partial charge is 0.480 e. The smallest absolute Gasteiger partial charge is 0.416 e. The van der Waals surface area contributed by atoms with E-state index in [0.717, 1.165) is 17.0 Å². The first-order chi connectivity index (χ1) is 9.11. The number of hydrogen-bond acceptors (Lipinski definition) is 2. The number of carbonyl (C=O) groups excluding carboxylic acids is 1. The normalized spacial score (nSPS) is 11.1. The number of anilines is 1. The van der Waals surface area contributed by atoms with Crippen molar-refractivity contribution in [3.05, 3.63) is 28.8 Å². The van der Waals surface area contributed by atoms with E-state index < -0.39 is 30.3 Å². The third-order valence-corrected chi connectivity index (χ3v) is 2.57. The Morgan fingerprint density at radius 2 is 2.00 bits per heavy atom. The SMILES string of the molecule is CN(CC(=O)O)C(=O)Nc1ccc(C(F)(F)F)cc1Cl. The Bertz CT molecular complexity index is 534. The summed E-state index contributed by atoms with van der Waals surface area (Å²) in [7, 11) is 1.22. The highest BCUT2D eigenvalue weighted by molar-refractivity contribution is 6.33. The molecule has 0 atom stereocenters. The van der Waals surface area contributed by atoms with Crippen molar-refractivity contribution in [2.45, 2.75) is 6.18 Å². The second kappa shape index (κ2) is 6.00. The van der Waals surface area contributed by atoms with Crippen LogP contribution in [0.2, 0.25) is 5.02 Å². The molecule has 2 N–H and O–H groups in total. The van der Waals surface area contributed by atoms with Crippen molar-refractivity contribution < 1.29 is 27.9 Å². The number of hydrogen-bond donors (Lipinski definition) is 2. The second-order valence-corrected chi connectivity index (χ2v) is 4.28. The van der Waals surface area contributed by atoms with E-state index in [-0.39, 0.29) is 10.7 Å². The first-order valence-corrected chi connectivity index (χ1v) is 5.59. The molecule has 0 saturated carbocycles. The Morgan fingerprint density at radius 1 is 1.40 bits per heavy atom. The molecule has 0 heterocycles. The average Bonchev–Trinajstić information content (AvgIpc) is 2.29. The molecule has 2 amide bonds. The third kappa shape index (κ3) is 4.30. The van der Waals surface area contributed by atoms with E-state index in [0.29, 0.717) is 6.07 Å². The van der Waals surface area contributed by atoms with Gasteiger partial charge < -0.3 is 15.3 Å². The molecule has 0 aliphatic rings. The molecule has 0 saturated heterocycles. The fourth-order valence-electron chi connectivity index (χ4n) is 1.28. The van der Waals surface area contributed by atoms with Gasteiger partial charge in [0, 0.05) is 7.05 Å². The van der Waals surface area contributed by atoms with Gasteiger partial charge in [-0.2, -0.15) is 13.2 Å². The molecule has 0 spiro atoms. The van der Waals surface area contributed by atoms with E-state index >= 15 is 0 Å². The molecule has 0 aromatic heterocycles. The first kappa shape index (κ1) is 16.1. The number of alkyl halides is 3. The number of nitrogens with one attached hydrogen (secondary N) is 1. The minimum atomic E-state index is -4.54. The maximum Gasteiger partial charge on any atom is 0.416 e. The lowest BCUT2D eigenvalue weighted by Crippen LogP contribution is -2.35. The van der Waals surface area contributed by atoms with Crippen molar-refractivity contribution in [2.75, 3.05) is 18.9 Å². The van der Waals surface area contributed by atoms with E-state index in [4.69, 9.17) is 16.7 Å². The van der Waals surface area contributed by atoms with Gasteiger partial charge in [-0.3, -0.25) is 4.79 Å². The quantitative estimate of drug-likeness (QED) is 0.902. The lowest BCUT2D eigenvalue weighted by Gasteiger charge is -2.16. The van der Waals surface area contributed by atoms with Gasteiger partial charge in [-0.1, -0.05) is 11.6 Å². The lowest BCUT2D eigenvalue weighted by atomic mass is 10.2. The van der Waals surface area contributed by atoms with E-state index in [1.807, 2.05) is 0 Å². The van der Waals surface area contributed by atoms with Crippen LogP contribution in [0.3, 0.4) is 0 Å². The molecule has 1 aromatic carbocycles. The van der Waals surface area contributed by atoms with E-state index in [2.05, 4.69) is 5.32 Å². The molecule has 20 heavy (non-hydrogen) atoms. The van der Waals surface area contributed by atoms with Crippen LogP contribution >= 0.6 is 11.6 Å². The molecule has 5 nitrogen and oxygen atoms in total. The van der Waals surface area contributed by atoms with Gasteiger partial charge in [0.1, 0.15) is 6.54 Å². The summed E-state index contributed by atoms with van der Waals surface area (Å²) in [4.78, 5) is 22.8. The van der Waals surface area contributed by atoms with E-state index in [9.17, 15) is 22.8 Å². The van der Waals surface area contributed by atoms with Gasteiger partial charge in [0.15, 0.2) is 0 Å². The van der Waals surface area contributed by atoms with Crippen molar-refractivity contribution in [1.29, 1.82) is 0 Å². The number of amides is 2. The van der Waals surface area contributed by atoms with E-state index in [1.54, 1.807) is 0 Å². The number of carbonyl (C=O) groups is 2. The third-order valence-electron chi connectivity index (χ3n) is 2.26. The first-order valence-electron chi connectivity index (χ1n) is 5.22. The number of nitrogens with zero attached hydrogens (tertiary/aromatic N) is 1. The van der Waals surface area contributed by atoms with Gasteiger partial charge in [-0.05, 0) is 18.2 Å². The molecule has 1 rings (SSSR count). The molecule has 110 valence electrons. The van der Waals surface area contributed by atoms with Gasteiger partial charge in [0.05, 0.1) is 16.3 Å². The molecule has 0 aliphatic carbocycles. The van der Waals surface area contributed by atoms with Gasteiger partial charge in [0.2, 0.25) is 0 Å². The summed E-state index contributed by atoms with van der Waals surface area (Å²) in [5.74, 6) is -1.22. The number of halogens is 4. The molecule has 0 aliphatic heterocycles. The summed E-state index contributed by atoms with van der Waals surface area (Å²) in [6.45, 7) is -0.552. The highest BCUT2D eigenvalue weighted by atomic mass is 35.5. The highest BCUT2D eigenvalue weighted by Crippen LogP contribution is 2.33. The molecule has 1 aromatic rings. The van der Waals surface area contributed by atoms with Gasteiger partial charge in [0.25, 0.3) is 0 Å². The molecule has 9 heteroatoms. The van der Waals surface area contributed by atoms with Crippen molar-refractivity contribution in [2.24, 2.45) is 0 Å². The Morgan fingerprint density at radius 3 is 2.45 bits per heavy atom. The second-order valence-electron chi connectivity index (χ2n) is 3.87. The summed E-state index contributed by atoms with van der Waals surface area (Å²) < 4.78 is 37.2. The van der Waals surface area contributed by atoms with Crippen LogP contribution in [-0.2, 0) is 11.0 Å². The fourth-order valence-corrected chi connectivity index (χ4v) is 1.51. The van der Waals surface area contributed by atoms with Gasteiger partial charge in [-0.25, -0.2) is 4.79 Å². The Balaban J connectivity index is 2.84. The van der Waals surface area contributed by atoms with Gasteiger partial charge >= 0.3 is 18.2 Å². The zero-order chi connectivity index (χ0) is 15.5. The summed E-state index contributed by atoms with van der Waals surface area (Å²) in [5, 5.41) is 10.4. The Hall–Kier alpha value is -1.96. The zero-order valence-electron chi connectivity index (χ0n) is 10.2. The van der Waals surface area contributed by atoms with Crippen LogP contribution in [0.25, 0.3) is 0 Å². The minimum Gasteiger partial charge on any atom is -0.480 e. The van der Waals surface area contributed by atoms with Gasteiger partial charge in [-0.15, -0.1) is 0 Å². The Labute approximate surface area is 116 Å². The maximum atomic E-state index is 12.4. The average molecular weight is 311 g/mol. The topological polar surface area (TPSA) is 69.6 Å². The highest BCUT2D eigenvalue weighted by Gasteiger charge is 2.31. The number of carboxylic acids is 1. The predicted octanol–water partition coefficient (Wildman–Crippen LogP) is 2.91. The number of rotatable bonds is 3. The van der Waals surface area contributed by atoms with Crippen LogP contribution in [-0.4, -0.2) is 35.6 Å². The molecule has 0 bridgehead atoms. The summed E-state index contributed by atoms with van der Waals surface area (Å²) in [6, 6.07) is 1.64. The van der Waals surface area contributed by atoms with Crippen LogP contribution in [0, 0.1) is 0 Å². The summed E-state index contributed by atoms with van der Waals surface area (Å²) >= 11 is 5.64. The van der Waals surface area contributed by atoms with Crippen molar-refractivity contribution in [3.8, 4) is 0 Å². The fraction of sp³-hybridized carbons (Fsp3) is 0.273. The number of likely N-dealkylation sites (N-methyl/N-ethyl adjacent to an activating group) is 1. The number of carboxylic acid groups (broad SMARTS) is 1.